The van der Waals surface area contributed by atoms with Gasteiger partial charge >= 0.3 is 0 Å². The summed E-state index contributed by atoms with van der Waals surface area (Å²) >= 11 is 0. The van der Waals surface area contributed by atoms with Crippen LogP contribution in [0.3, 0.4) is 0 Å². The lowest BCUT2D eigenvalue weighted by atomic mass is 9.94. The average molecular weight is 232 g/mol. The lowest BCUT2D eigenvalue weighted by Crippen LogP contribution is -2.28. The molecule has 1 heterocycles. The van der Waals surface area contributed by atoms with Gasteiger partial charge in [0.15, 0.2) is 0 Å². The molecule has 0 saturated carbocycles. The van der Waals surface area contributed by atoms with E-state index in [1.165, 1.54) is 30.6 Å². The van der Waals surface area contributed by atoms with Gasteiger partial charge in [-0.1, -0.05) is 32.0 Å². The van der Waals surface area contributed by atoms with E-state index in [9.17, 15) is 0 Å². The van der Waals surface area contributed by atoms with Crippen molar-refractivity contribution in [3.8, 4) is 0 Å². The van der Waals surface area contributed by atoms with Gasteiger partial charge < -0.3 is 10.2 Å². The molecule has 1 aliphatic heterocycles. The van der Waals surface area contributed by atoms with Crippen molar-refractivity contribution < 1.29 is 0 Å². The van der Waals surface area contributed by atoms with Crippen molar-refractivity contribution in [1.29, 1.82) is 0 Å². The smallest absolute Gasteiger partial charge is 0.0399 e. The molecular formula is C15H24N2. The van der Waals surface area contributed by atoms with Gasteiger partial charge in [0.25, 0.3) is 0 Å². The largest absolute Gasteiger partial charge is 0.374 e. The Balaban J connectivity index is 2.19. The highest BCUT2D eigenvalue weighted by atomic mass is 15.1. The average Bonchev–Trinajstić information content (AvgIpc) is 2.47. The second-order valence-corrected chi connectivity index (χ2v) is 5.38. The van der Waals surface area contributed by atoms with Gasteiger partial charge in [0.2, 0.25) is 0 Å². The highest BCUT2D eigenvalue weighted by Crippen LogP contribution is 2.33. The zero-order valence-corrected chi connectivity index (χ0v) is 11.2. The molecule has 1 atom stereocenters. The number of para-hydroxylation sites is 1. The van der Waals surface area contributed by atoms with Crippen LogP contribution >= 0.6 is 0 Å². The summed E-state index contributed by atoms with van der Waals surface area (Å²) in [5.74, 6) is 0.665. The number of nitrogens with zero attached hydrogens (tertiary/aromatic N) is 1. The number of rotatable bonds is 3. The van der Waals surface area contributed by atoms with Crippen molar-refractivity contribution >= 4 is 5.69 Å². The predicted octanol–water partition coefficient (Wildman–Crippen LogP) is 3.00. The zero-order chi connectivity index (χ0) is 12.3. The van der Waals surface area contributed by atoms with Crippen LogP contribution < -0.4 is 10.2 Å². The third-order valence-electron chi connectivity index (χ3n) is 3.61. The number of anilines is 1. The molecule has 1 aliphatic rings. The molecule has 1 aromatic carbocycles. The van der Waals surface area contributed by atoms with E-state index >= 15 is 0 Å². The Bertz CT molecular complexity index is 360. The summed E-state index contributed by atoms with van der Waals surface area (Å²) < 4.78 is 0. The second-order valence-electron chi connectivity index (χ2n) is 5.38. The maximum absolute atomic E-state index is 3.58. The van der Waals surface area contributed by atoms with Crippen molar-refractivity contribution in [1.82, 2.24) is 5.32 Å². The van der Waals surface area contributed by atoms with E-state index in [1.807, 2.05) is 0 Å². The van der Waals surface area contributed by atoms with Crippen LogP contribution in [0.1, 0.15) is 38.2 Å². The summed E-state index contributed by atoms with van der Waals surface area (Å²) in [7, 11) is 2.21. The molecule has 2 nitrogen and oxygen atoms in total. The van der Waals surface area contributed by atoms with Crippen LogP contribution in [0.25, 0.3) is 0 Å². The van der Waals surface area contributed by atoms with Gasteiger partial charge in [-0.05, 0) is 30.4 Å². The van der Waals surface area contributed by atoms with Gasteiger partial charge in [-0.25, -0.2) is 0 Å². The van der Waals surface area contributed by atoms with Crippen LogP contribution in [0.2, 0.25) is 0 Å². The molecule has 0 aliphatic carbocycles. The van der Waals surface area contributed by atoms with Gasteiger partial charge in [0, 0.05) is 31.9 Å². The van der Waals surface area contributed by atoms with Gasteiger partial charge in [-0.2, -0.15) is 0 Å². The number of hydrogen-bond donors (Lipinski definition) is 1. The van der Waals surface area contributed by atoms with E-state index in [1.54, 1.807) is 0 Å². The third kappa shape index (κ3) is 3.01. The van der Waals surface area contributed by atoms with Crippen LogP contribution in [-0.4, -0.2) is 26.2 Å². The second kappa shape index (κ2) is 5.54. The Kier molecular flexibility index (Phi) is 4.06. The first-order valence-corrected chi connectivity index (χ1v) is 6.72. The Morgan fingerprint density at radius 2 is 2.12 bits per heavy atom. The number of fused-ring (bicyclic) bond motifs is 1. The van der Waals surface area contributed by atoms with E-state index in [4.69, 9.17) is 0 Å². The molecule has 94 valence electrons. The predicted molar refractivity (Wildman–Crippen MR) is 74.8 cm³/mol. The zero-order valence-electron chi connectivity index (χ0n) is 11.2. The Morgan fingerprint density at radius 3 is 2.88 bits per heavy atom. The van der Waals surface area contributed by atoms with Crippen molar-refractivity contribution in [2.45, 2.75) is 38.6 Å². The van der Waals surface area contributed by atoms with Gasteiger partial charge in [0.1, 0.15) is 0 Å². The van der Waals surface area contributed by atoms with Gasteiger partial charge in [0.05, 0.1) is 0 Å². The molecule has 1 N–H and O–H groups in total. The highest BCUT2D eigenvalue weighted by Gasteiger charge is 2.20. The molecule has 1 aromatic rings. The number of hydrogen-bond acceptors (Lipinski definition) is 2. The Hall–Kier alpha value is -1.02. The molecular weight excluding hydrogens is 208 g/mol. The molecule has 0 bridgehead atoms. The maximum Gasteiger partial charge on any atom is 0.0399 e. The molecule has 0 saturated heterocycles. The fourth-order valence-electron chi connectivity index (χ4n) is 2.62. The summed E-state index contributed by atoms with van der Waals surface area (Å²) in [5.41, 5.74) is 2.93. The summed E-state index contributed by atoms with van der Waals surface area (Å²) in [6.45, 7) is 6.71. The minimum absolute atomic E-state index is 0.572. The molecule has 0 fully saturated rings. The van der Waals surface area contributed by atoms with E-state index in [0.29, 0.717) is 12.0 Å². The van der Waals surface area contributed by atoms with E-state index in [2.05, 4.69) is 55.4 Å². The van der Waals surface area contributed by atoms with Gasteiger partial charge in [-0.15, -0.1) is 0 Å². The first-order valence-electron chi connectivity index (χ1n) is 6.72. The summed E-state index contributed by atoms with van der Waals surface area (Å²) in [6, 6.07) is 9.43. The molecule has 0 amide bonds. The lowest BCUT2D eigenvalue weighted by molar-refractivity contribution is 0.506. The lowest BCUT2D eigenvalue weighted by Gasteiger charge is -2.22. The minimum atomic E-state index is 0.572. The topological polar surface area (TPSA) is 15.3 Å². The van der Waals surface area contributed by atoms with Crippen molar-refractivity contribution in [3.05, 3.63) is 29.8 Å². The van der Waals surface area contributed by atoms with Crippen LogP contribution in [-0.2, 0) is 0 Å². The fourth-order valence-corrected chi connectivity index (χ4v) is 2.62. The Labute approximate surface area is 105 Å². The molecule has 2 rings (SSSR count). The molecule has 0 radical (unpaired) electrons. The Morgan fingerprint density at radius 1 is 1.35 bits per heavy atom. The molecule has 1 unspecified atom stereocenters. The SMILES string of the molecule is CC(C)NCC1CCCN(C)c2ccccc21. The van der Waals surface area contributed by atoms with Crippen LogP contribution in [0.15, 0.2) is 24.3 Å². The van der Waals surface area contributed by atoms with Crippen molar-refractivity contribution in [2.75, 3.05) is 25.0 Å². The standard InChI is InChI=1S/C15H24N2/c1-12(2)16-11-13-7-6-10-17(3)15-9-5-4-8-14(13)15/h4-5,8-9,12-13,16H,6-7,10-11H2,1-3H3. The van der Waals surface area contributed by atoms with Crippen molar-refractivity contribution in [2.24, 2.45) is 0 Å². The minimum Gasteiger partial charge on any atom is -0.374 e. The van der Waals surface area contributed by atoms with E-state index in [0.717, 1.165) is 6.54 Å². The van der Waals surface area contributed by atoms with Gasteiger partial charge in [-0.3, -0.25) is 0 Å². The van der Waals surface area contributed by atoms with Crippen LogP contribution in [0.4, 0.5) is 5.69 Å². The molecule has 0 aromatic heterocycles. The normalized spacial score (nSPS) is 20.2. The van der Waals surface area contributed by atoms with Crippen LogP contribution in [0, 0.1) is 0 Å². The maximum atomic E-state index is 3.58. The third-order valence-corrected chi connectivity index (χ3v) is 3.61. The fraction of sp³-hybridized carbons (Fsp3) is 0.600. The molecule has 17 heavy (non-hydrogen) atoms. The summed E-state index contributed by atoms with van der Waals surface area (Å²) in [6.07, 6.45) is 2.58. The van der Waals surface area contributed by atoms with Crippen molar-refractivity contribution in [3.63, 3.8) is 0 Å². The quantitative estimate of drug-likeness (QED) is 0.862. The highest BCUT2D eigenvalue weighted by molar-refractivity contribution is 5.55. The monoisotopic (exact) mass is 232 g/mol. The number of nitrogens with one attached hydrogen (secondary N) is 1. The first kappa shape index (κ1) is 12.4. The summed E-state index contributed by atoms with van der Waals surface area (Å²) in [4.78, 5) is 2.39. The van der Waals surface area contributed by atoms with Crippen LogP contribution in [0.5, 0.6) is 0 Å². The molecule has 2 heteroatoms. The first-order chi connectivity index (χ1) is 8.18. The number of benzene rings is 1. The summed E-state index contributed by atoms with van der Waals surface area (Å²) in [5, 5.41) is 3.58. The molecule has 0 spiro atoms. The van der Waals surface area contributed by atoms with E-state index in [-0.39, 0.29) is 0 Å². The van der Waals surface area contributed by atoms with E-state index < -0.39 is 0 Å².